The van der Waals surface area contributed by atoms with E-state index in [0.29, 0.717) is 12.3 Å². The van der Waals surface area contributed by atoms with Crippen molar-refractivity contribution in [2.24, 2.45) is 0 Å². The molecule has 3 rings (SSSR count). The van der Waals surface area contributed by atoms with Gasteiger partial charge in [0, 0.05) is 12.9 Å². The fourth-order valence-electron chi connectivity index (χ4n) is 2.02. The second-order valence-electron chi connectivity index (χ2n) is 3.53. The van der Waals surface area contributed by atoms with Crippen molar-refractivity contribution in [3.63, 3.8) is 0 Å². The van der Waals surface area contributed by atoms with Crippen LogP contribution in [0.3, 0.4) is 0 Å². The topological polar surface area (TPSA) is 52.2 Å². The minimum atomic E-state index is 0.324. The van der Waals surface area contributed by atoms with Crippen LogP contribution in [0.1, 0.15) is 0 Å². The number of hydrogen-bond donors (Lipinski definition) is 3. The van der Waals surface area contributed by atoms with Crippen molar-refractivity contribution in [2.75, 3.05) is 18.2 Å². The number of pyridine rings is 1. The molecule has 0 bridgehead atoms. The standard InChI is InChI=1S/C9H13N5/c1-2-4-10-7(3-1)14-6-13-8-9(14)12-5-11-8/h1-4,8-9,11-13H,5-6H2. The summed E-state index contributed by atoms with van der Waals surface area (Å²) >= 11 is 0. The highest BCUT2D eigenvalue weighted by molar-refractivity contribution is 5.41. The summed E-state index contributed by atoms with van der Waals surface area (Å²) in [4.78, 5) is 6.57. The van der Waals surface area contributed by atoms with Crippen molar-refractivity contribution in [3.8, 4) is 0 Å². The smallest absolute Gasteiger partial charge is 0.130 e. The van der Waals surface area contributed by atoms with Gasteiger partial charge in [-0.05, 0) is 12.1 Å². The molecule has 1 aromatic rings. The molecule has 5 heteroatoms. The molecule has 2 atom stereocenters. The fourth-order valence-corrected chi connectivity index (χ4v) is 2.02. The van der Waals surface area contributed by atoms with Gasteiger partial charge in [-0.25, -0.2) is 4.98 Å². The van der Waals surface area contributed by atoms with Crippen LogP contribution in [-0.4, -0.2) is 30.7 Å². The van der Waals surface area contributed by atoms with Crippen LogP contribution in [0.15, 0.2) is 24.4 Å². The molecular formula is C9H13N5. The van der Waals surface area contributed by atoms with E-state index in [2.05, 4.69) is 25.8 Å². The maximum Gasteiger partial charge on any atom is 0.130 e. The summed E-state index contributed by atoms with van der Waals surface area (Å²) in [6.45, 7) is 1.69. The molecule has 3 N–H and O–H groups in total. The van der Waals surface area contributed by atoms with E-state index in [9.17, 15) is 0 Å². The second-order valence-corrected chi connectivity index (χ2v) is 3.53. The lowest BCUT2D eigenvalue weighted by molar-refractivity contribution is 0.538. The quantitative estimate of drug-likeness (QED) is 0.545. The predicted molar refractivity (Wildman–Crippen MR) is 53.4 cm³/mol. The van der Waals surface area contributed by atoms with Crippen LogP contribution >= 0.6 is 0 Å². The molecule has 0 amide bonds. The van der Waals surface area contributed by atoms with Crippen LogP contribution < -0.4 is 20.9 Å². The minimum Gasteiger partial charge on any atom is -0.325 e. The molecule has 0 aromatic carbocycles. The van der Waals surface area contributed by atoms with Crippen molar-refractivity contribution >= 4 is 5.82 Å². The maximum absolute atomic E-state index is 4.34. The summed E-state index contributed by atoms with van der Waals surface area (Å²) in [6, 6.07) is 5.98. The van der Waals surface area contributed by atoms with Gasteiger partial charge in [0.1, 0.15) is 12.0 Å². The number of rotatable bonds is 1. The Morgan fingerprint density at radius 1 is 1.29 bits per heavy atom. The number of nitrogens with zero attached hydrogens (tertiary/aromatic N) is 2. The molecule has 2 aliphatic rings. The monoisotopic (exact) mass is 191 g/mol. The molecule has 3 heterocycles. The SMILES string of the molecule is c1ccc(N2CNC3NCNC32)nc1. The Kier molecular flexibility index (Phi) is 1.86. The largest absolute Gasteiger partial charge is 0.325 e. The Balaban J connectivity index is 1.86. The molecular weight excluding hydrogens is 178 g/mol. The van der Waals surface area contributed by atoms with E-state index < -0.39 is 0 Å². The number of aromatic nitrogens is 1. The summed E-state index contributed by atoms with van der Waals surface area (Å²) in [6.07, 6.45) is 2.49. The molecule has 0 saturated carbocycles. The first-order valence-corrected chi connectivity index (χ1v) is 4.83. The van der Waals surface area contributed by atoms with Gasteiger partial charge in [-0.15, -0.1) is 0 Å². The molecule has 2 aliphatic heterocycles. The number of anilines is 1. The molecule has 5 nitrogen and oxygen atoms in total. The predicted octanol–water partition coefficient (Wildman–Crippen LogP) is -0.749. The van der Waals surface area contributed by atoms with Crippen molar-refractivity contribution in [1.29, 1.82) is 0 Å². The molecule has 2 saturated heterocycles. The molecule has 74 valence electrons. The summed E-state index contributed by atoms with van der Waals surface area (Å²) in [5.74, 6) is 1.02. The highest BCUT2D eigenvalue weighted by atomic mass is 15.5. The molecule has 1 aromatic heterocycles. The van der Waals surface area contributed by atoms with Crippen LogP contribution in [0.5, 0.6) is 0 Å². The number of fused-ring (bicyclic) bond motifs is 1. The van der Waals surface area contributed by atoms with Gasteiger partial charge in [0.2, 0.25) is 0 Å². The second kappa shape index (κ2) is 3.20. The Morgan fingerprint density at radius 3 is 3.14 bits per heavy atom. The molecule has 2 unspecified atom stereocenters. The van der Waals surface area contributed by atoms with Gasteiger partial charge in [0.25, 0.3) is 0 Å². The zero-order valence-corrected chi connectivity index (χ0v) is 7.77. The van der Waals surface area contributed by atoms with Gasteiger partial charge in [0.15, 0.2) is 0 Å². The van der Waals surface area contributed by atoms with Gasteiger partial charge >= 0.3 is 0 Å². The zero-order chi connectivity index (χ0) is 9.38. The first-order chi connectivity index (χ1) is 6.95. The minimum absolute atomic E-state index is 0.324. The molecule has 0 aliphatic carbocycles. The molecule has 0 spiro atoms. The van der Waals surface area contributed by atoms with E-state index in [1.165, 1.54) is 0 Å². The highest BCUT2D eigenvalue weighted by Crippen LogP contribution is 2.18. The lowest BCUT2D eigenvalue weighted by Gasteiger charge is -2.22. The summed E-state index contributed by atoms with van der Waals surface area (Å²) in [5, 5.41) is 10.1. The Bertz CT molecular complexity index is 314. The van der Waals surface area contributed by atoms with E-state index in [-0.39, 0.29) is 0 Å². The van der Waals surface area contributed by atoms with Crippen LogP contribution in [0.25, 0.3) is 0 Å². The van der Waals surface area contributed by atoms with Gasteiger partial charge in [-0.1, -0.05) is 6.07 Å². The third-order valence-electron chi connectivity index (χ3n) is 2.71. The zero-order valence-electron chi connectivity index (χ0n) is 7.77. The first kappa shape index (κ1) is 8.16. The Morgan fingerprint density at radius 2 is 2.29 bits per heavy atom. The number of hydrogen-bond acceptors (Lipinski definition) is 5. The average molecular weight is 191 g/mol. The van der Waals surface area contributed by atoms with Crippen LogP contribution in [-0.2, 0) is 0 Å². The van der Waals surface area contributed by atoms with E-state index in [0.717, 1.165) is 19.2 Å². The summed E-state index contributed by atoms with van der Waals surface area (Å²) in [5.41, 5.74) is 0. The lowest BCUT2D eigenvalue weighted by atomic mass is 10.4. The Hall–Kier alpha value is -1.17. The third-order valence-corrected chi connectivity index (χ3v) is 2.71. The van der Waals surface area contributed by atoms with Crippen LogP contribution in [0, 0.1) is 0 Å². The fraction of sp³-hybridized carbons (Fsp3) is 0.444. The highest BCUT2D eigenvalue weighted by Gasteiger charge is 2.37. The normalized spacial score (nSPS) is 30.7. The van der Waals surface area contributed by atoms with Gasteiger partial charge < -0.3 is 4.90 Å². The van der Waals surface area contributed by atoms with Gasteiger partial charge in [0.05, 0.1) is 12.8 Å². The first-order valence-electron chi connectivity index (χ1n) is 4.83. The summed E-state index contributed by atoms with van der Waals surface area (Å²) in [7, 11) is 0. The number of nitrogens with one attached hydrogen (secondary N) is 3. The third kappa shape index (κ3) is 1.18. The Labute approximate surface area is 82.5 Å². The van der Waals surface area contributed by atoms with Crippen molar-refractivity contribution in [2.45, 2.75) is 12.3 Å². The lowest BCUT2D eigenvalue weighted by Crippen LogP contribution is -2.42. The van der Waals surface area contributed by atoms with Crippen LogP contribution in [0.4, 0.5) is 5.82 Å². The summed E-state index contributed by atoms with van der Waals surface area (Å²) < 4.78 is 0. The van der Waals surface area contributed by atoms with E-state index in [1.807, 2.05) is 24.4 Å². The van der Waals surface area contributed by atoms with Crippen molar-refractivity contribution < 1.29 is 0 Å². The molecule has 2 fully saturated rings. The van der Waals surface area contributed by atoms with E-state index in [4.69, 9.17) is 0 Å². The van der Waals surface area contributed by atoms with Crippen molar-refractivity contribution in [3.05, 3.63) is 24.4 Å². The van der Waals surface area contributed by atoms with E-state index >= 15 is 0 Å². The molecule has 14 heavy (non-hydrogen) atoms. The van der Waals surface area contributed by atoms with Gasteiger partial charge in [-0.3, -0.25) is 16.0 Å². The molecule has 0 radical (unpaired) electrons. The maximum atomic E-state index is 4.34. The van der Waals surface area contributed by atoms with E-state index in [1.54, 1.807) is 0 Å². The van der Waals surface area contributed by atoms with Crippen molar-refractivity contribution in [1.82, 2.24) is 20.9 Å². The van der Waals surface area contributed by atoms with Gasteiger partial charge in [-0.2, -0.15) is 0 Å². The average Bonchev–Trinajstić information content (AvgIpc) is 2.79. The van der Waals surface area contributed by atoms with Crippen LogP contribution in [0.2, 0.25) is 0 Å².